The second kappa shape index (κ2) is 8.13. The number of phenolic OH excluding ortho intramolecular Hbond substituents is 1. The molecule has 0 aliphatic heterocycles. The molecule has 0 unspecified atom stereocenters. The fourth-order valence-electron chi connectivity index (χ4n) is 2.43. The molecule has 0 saturated carbocycles. The number of methoxy groups -OCH3 is 1. The Balaban J connectivity index is 2.24. The van der Waals surface area contributed by atoms with Gasteiger partial charge in [-0.1, -0.05) is 17.7 Å². The topological polar surface area (TPSA) is 46.3 Å². The van der Waals surface area contributed by atoms with Crippen molar-refractivity contribution in [1.82, 2.24) is 0 Å². The van der Waals surface area contributed by atoms with Gasteiger partial charge in [-0.25, -0.2) is 4.39 Å². The Morgan fingerprint density at radius 2 is 2.08 bits per heavy atom. The van der Waals surface area contributed by atoms with Crippen LogP contribution in [-0.2, 0) is 0 Å². The van der Waals surface area contributed by atoms with Crippen LogP contribution in [0.4, 0.5) is 4.39 Å². The van der Waals surface area contributed by atoms with Crippen molar-refractivity contribution in [2.45, 2.75) is 6.04 Å². The molecule has 2 rings (SSSR count). The minimum Gasteiger partial charge on any atom is -0.507 e. The van der Waals surface area contributed by atoms with Gasteiger partial charge in [-0.15, -0.1) is 0 Å². The van der Waals surface area contributed by atoms with Gasteiger partial charge in [0.25, 0.3) is 0 Å². The Hall–Kier alpha value is -2.11. The van der Waals surface area contributed by atoms with Crippen LogP contribution in [0.25, 0.3) is 0 Å². The molecule has 128 valence electrons. The molecule has 0 spiro atoms. The second-order valence-corrected chi connectivity index (χ2v) is 6.09. The SMILES string of the molecule is COc1ccc(O)c(C=NC[C@@H](c2c(F)cccc2Cl)[NH+](C)C)c1. The molecule has 0 aromatic heterocycles. The highest BCUT2D eigenvalue weighted by molar-refractivity contribution is 6.31. The molecule has 2 aromatic rings. The van der Waals surface area contributed by atoms with Crippen molar-refractivity contribution in [1.29, 1.82) is 0 Å². The van der Waals surface area contributed by atoms with E-state index in [4.69, 9.17) is 16.3 Å². The van der Waals surface area contributed by atoms with E-state index in [9.17, 15) is 9.50 Å². The summed E-state index contributed by atoms with van der Waals surface area (Å²) in [5.41, 5.74) is 0.993. The van der Waals surface area contributed by atoms with E-state index in [1.165, 1.54) is 6.07 Å². The number of aliphatic imine (C=N–C) groups is 1. The number of benzene rings is 2. The van der Waals surface area contributed by atoms with Crippen LogP contribution in [0.5, 0.6) is 11.5 Å². The first-order valence-electron chi connectivity index (χ1n) is 7.54. The van der Waals surface area contributed by atoms with Crippen molar-refractivity contribution in [2.24, 2.45) is 4.99 Å². The highest BCUT2D eigenvalue weighted by Gasteiger charge is 2.23. The first-order chi connectivity index (χ1) is 11.4. The first kappa shape index (κ1) is 18.2. The predicted octanol–water partition coefficient (Wildman–Crippen LogP) is 2.50. The molecule has 0 bridgehead atoms. The Morgan fingerprint density at radius 3 is 2.71 bits per heavy atom. The van der Waals surface area contributed by atoms with Gasteiger partial charge in [0, 0.05) is 11.8 Å². The summed E-state index contributed by atoms with van der Waals surface area (Å²) >= 11 is 6.17. The summed E-state index contributed by atoms with van der Waals surface area (Å²) in [4.78, 5) is 5.38. The number of halogens is 2. The zero-order valence-corrected chi connectivity index (χ0v) is 14.6. The van der Waals surface area contributed by atoms with E-state index in [1.54, 1.807) is 43.7 Å². The predicted molar refractivity (Wildman–Crippen MR) is 94.1 cm³/mol. The number of hydrogen-bond donors (Lipinski definition) is 2. The molecule has 2 N–H and O–H groups in total. The van der Waals surface area contributed by atoms with E-state index in [2.05, 4.69) is 4.99 Å². The van der Waals surface area contributed by atoms with Gasteiger partial charge in [0.15, 0.2) is 0 Å². The van der Waals surface area contributed by atoms with Crippen LogP contribution in [-0.4, -0.2) is 39.1 Å². The quantitative estimate of drug-likeness (QED) is 0.785. The maximum absolute atomic E-state index is 14.2. The van der Waals surface area contributed by atoms with Crippen molar-refractivity contribution in [3.05, 3.63) is 58.4 Å². The molecule has 0 aliphatic rings. The first-order valence-corrected chi connectivity index (χ1v) is 7.92. The normalized spacial score (nSPS) is 12.8. The van der Waals surface area contributed by atoms with Crippen LogP contribution in [0.2, 0.25) is 5.02 Å². The van der Waals surface area contributed by atoms with Crippen molar-refractivity contribution in [3.63, 3.8) is 0 Å². The van der Waals surface area contributed by atoms with Crippen LogP contribution in [0.1, 0.15) is 17.2 Å². The monoisotopic (exact) mass is 351 g/mol. The van der Waals surface area contributed by atoms with Gasteiger partial charge in [-0.3, -0.25) is 4.99 Å². The molecule has 24 heavy (non-hydrogen) atoms. The van der Waals surface area contributed by atoms with Gasteiger partial charge >= 0.3 is 0 Å². The number of nitrogens with zero attached hydrogens (tertiary/aromatic N) is 1. The number of nitrogens with one attached hydrogen (secondary N) is 1. The highest BCUT2D eigenvalue weighted by Crippen LogP contribution is 2.25. The van der Waals surface area contributed by atoms with Gasteiger partial charge in [0.05, 0.1) is 38.3 Å². The van der Waals surface area contributed by atoms with E-state index in [1.807, 2.05) is 14.1 Å². The van der Waals surface area contributed by atoms with Crippen molar-refractivity contribution >= 4 is 17.8 Å². The molecule has 0 aliphatic carbocycles. The van der Waals surface area contributed by atoms with Crippen molar-refractivity contribution in [2.75, 3.05) is 27.7 Å². The van der Waals surface area contributed by atoms with E-state index < -0.39 is 0 Å². The third-order valence-corrected chi connectivity index (χ3v) is 4.13. The van der Waals surface area contributed by atoms with Crippen LogP contribution in [0.3, 0.4) is 0 Å². The van der Waals surface area contributed by atoms with Crippen LogP contribution in [0.15, 0.2) is 41.4 Å². The molecule has 2 aromatic carbocycles. The summed E-state index contributed by atoms with van der Waals surface area (Å²) in [7, 11) is 5.40. The van der Waals surface area contributed by atoms with Gasteiger partial charge in [0.2, 0.25) is 0 Å². The number of quaternary nitrogens is 1. The van der Waals surface area contributed by atoms with Gasteiger partial charge in [0.1, 0.15) is 23.4 Å². The minimum absolute atomic E-state index is 0.109. The zero-order valence-electron chi connectivity index (χ0n) is 13.9. The maximum atomic E-state index is 14.2. The van der Waals surface area contributed by atoms with Crippen LogP contribution >= 0.6 is 11.6 Å². The lowest BCUT2D eigenvalue weighted by atomic mass is 10.1. The van der Waals surface area contributed by atoms with Crippen LogP contribution in [0, 0.1) is 5.82 Å². The standard InChI is InChI=1S/C18H20ClFN2O2/c1-22(2)16(18-14(19)5-4-6-15(18)20)11-21-10-12-9-13(24-3)7-8-17(12)23/h4-10,16,23H,11H2,1-3H3/p+1/t16-/m0/s1. The average molecular weight is 352 g/mol. The minimum atomic E-state index is -0.340. The van der Waals surface area contributed by atoms with E-state index in [-0.39, 0.29) is 17.6 Å². The van der Waals surface area contributed by atoms with Crippen LogP contribution < -0.4 is 9.64 Å². The largest absolute Gasteiger partial charge is 0.507 e. The summed E-state index contributed by atoms with van der Waals surface area (Å²) < 4.78 is 19.3. The molecule has 0 fully saturated rings. The molecule has 0 radical (unpaired) electrons. The molecular weight excluding hydrogens is 331 g/mol. The summed E-state index contributed by atoms with van der Waals surface area (Å²) in [6.45, 7) is 0.333. The zero-order chi connectivity index (χ0) is 17.7. The van der Waals surface area contributed by atoms with Gasteiger partial charge in [-0.05, 0) is 30.3 Å². The maximum Gasteiger partial charge on any atom is 0.137 e. The van der Waals surface area contributed by atoms with Gasteiger partial charge < -0.3 is 14.7 Å². The Kier molecular flexibility index (Phi) is 6.17. The van der Waals surface area contributed by atoms with Crippen molar-refractivity contribution in [3.8, 4) is 11.5 Å². The number of hydrogen-bond acceptors (Lipinski definition) is 3. The number of likely N-dealkylation sites (N-methyl/N-ethyl adjacent to an activating group) is 1. The average Bonchev–Trinajstić information content (AvgIpc) is 2.54. The number of aromatic hydroxyl groups is 1. The number of ether oxygens (including phenoxy) is 1. The summed E-state index contributed by atoms with van der Waals surface area (Å²) in [6, 6.07) is 9.32. The molecule has 0 amide bonds. The van der Waals surface area contributed by atoms with Gasteiger partial charge in [-0.2, -0.15) is 0 Å². The summed E-state index contributed by atoms with van der Waals surface area (Å²) in [5, 5.41) is 10.3. The number of rotatable bonds is 6. The lowest BCUT2D eigenvalue weighted by Gasteiger charge is -2.21. The Bertz CT molecular complexity index is 715. The van der Waals surface area contributed by atoms with Crippen molar-refractivity contribution < 1.29 is 19.1 Å². The lowest BCUT2D eigenvalue weighted by molar-refractivity contribution is -0.890. The highest BCUT2D eigenvalue weighted by atomic mass is 35.5. The molecule has 1 atom stereocenters. The van der Waals surface area contributed by atoms with E-state index >= 15 is 0 Å². The summed E-state index contributed by atoms with van der Waals surface area (Å²) in [5.74, 6) is 0.395. The molecular formula is C18H21ClFN2O2+. The molecule has 6 heteroatoms. The number of phenols is 1. The van der Waals surface area contributed by atoms with E-state index in [0.29, 0.717) is 28.4 Å². The van der Waals surface area contributed by atoms with E-state index in [0.717, 1.165) is 4.90 Å². The fourth-order valence-corrected chi connectivity index (χ4v) is 2.72. The third kappa shape index (κ3) is 4.24. The molecule has 4 nitrogen and oxygen atoms in total. The fraction of sp³-hybridized carbons (Fsp3) is 0.278. The Labute approximate surface area is 146 Å². The molecule has 0 heterocycles. The smallest absolute Gasteiger partial charge is 0.137 e. The summed E-state index contributed by atoms with van der Waals surface area (Å²) in [6.07, 6.45) is 1.56. The third-order valence-electron chi connectivity index (χ3n) is 3.80. The lowest BCUT2D eigenvalue weighted by Crippen LogP contribution is -3.06. The Morgan fingerprint density at radius 1 is 1.33 bits per heavy atom. The molecule has 0 saturated heterocycles. The second-order valence-electron chi connectivity index (χ2n) is 5.68.